The second-order valence-corrected chi connectivity index (χ2v) is 8.37. The second kappa shape index (κ2) is 16.1. The molecule has 2 aromatic carbocycles. The van der Waals surface area contributed by atoms with E-state index in [1.807, 2.05) is 24.3 Å². The average molecular weight is 469 g/mol. The predicted molar refractivity (Wildman–Crippen MR) is 133 cm³/mol. The van der Waals surface area contributed by atoms with Crippen LogP contribution in [-0.2, 0) is 17.8 Å². The fourth-order valence-corrected chi connectivity index (χ4v) is 2.73. The highest BCUT2D eigenvalue weighted by Gasteiger charge is 2.14. The van der Waals surface area contributed by atoms with Gasteiger partial charge in [-0.25, -0.2) is 9.59 Å². The number of carbonyl (C=O) groups excluding carboxylic acids is 2. The number of benzene rings is 2. The number of carbonyl (C=O) groups is 2. The molecule has 8 heteroatoms. The standard InChI is InChI=1S/C22H26N4O4.C4H10/c1-30-22(29)24-15-18-8-10-20(11-9-18)25-21(28)26(12-2-3-13-27)16-19-6-4-17(14-23)5-7-19;1-4(2)3/h4-11,27H,2-3,12-13,15-16H2,1H3,(H,24,29)(H,25,28);4H,1-3H3. The van der Waals surface area contributed by atoms with Gasteiger partial charge >= 0.3 is 12.1 Å². The van der Waals surface area contributed by atoms with Crippen molar-refractivity contribution >= 4 is 17.8 Å². The fraction of sp³-hybridized carbons (Fsp3) is 0.423. The average Bonchev–Trinajstić information content (AvgIpc) is 2.83. The summed E-state index contributed by atoms with van der Waals surface area (Å²) in [7, 11) is 1.30. The van der Waals surface area contributed by atoms with Gasteiger partial charge in [-0.3, -0.25) is 0 Å². The lowest BCUT2D eigenvalue weighted by atomic mass is 10.1. The molecule has 2 aromatic rings. The number of ether oxygens (including phenoxy) is 1. The molecule has 8 nitrogen and oxygen atoms in total. The molecule has 184 valence electrons. The molecule has 0 heterocycles. The summed E-state index contributed by atoms with van der Waals surface area (Å²) in [6.07, 6.45) is 0.783. The molecule has 0 radical (unpaired) electrons. The van der Waals surface area contributed by atoms with Crippen LogP contribution < -0.4 is 10.6 Å². The zero-order valence-corrected chi connectivity index (χ0v) is 20.5. The smallest absolute Gasteiger partial charge is 0.407 e. The Hall–Kier alpha value is -3.57. The molecule has 0 saturated heterocycles. The highest BCUT2D eigenvalue weighted by molar-refractivity contribution is 5.89. The molecule has 0 fully saturated rings. The molecule has 0 aliphatic rings. The highest BCUT2D eigenvalue weighted by atomic mass is 16.5. The van der Waals surface area contributed by atoms with E-state index in [1.165, 1.54) is 7.11 Å². The molecule has 0 aliphatic heterocycles. The number of urea groups is 1. The van der Waals surface area contributed by atoms with Crippen molar-refractivity contribution in [2.45, 2.75) is 46.7 Å². The van der Waals surface area contributed by atoms with Gasteiger partial charge in [-0.05, 0) is 54.2 Å². The quantitative estimate of drug-likeness (QED) is 0.454. The summed E-state index contributed by atoms with van der Waals surface area (Å²) >= 11 is 0. The molecule has 0 bridgehead atoms. The van der Waals surface area contributed by atoms with Crippen molar-refractivity contribution in [2.24, 2.45) is 5.92 Å². The molecule has 0 aliphatic carbocycles. The highest BCUT2D eigenvalue weighted by Crippen LogP contribution is 2.13. The van der Waals surface area contributed by atoms with E-state index in [2.05, 4.69) is 42.2 Å². The van der Waals surface area contributed by atoms with Crippen LogP contribution in [0, 0.1) is 17.2 Å². The minimum absolute atomic E-state index is 0.0768. The molecule has 0 atom stereocenters. The summed E-state index contributed by atoms with van der Waals surface area (Å²) in [4.78, 5) is 25.6. The number of methoxy groups -OCH3 is 1. The van der Waals surface area contributed by atoms with E-state index in [1.54, 1.807) is 29.2 Å². The van der Waals surface area contributed by atoms with Crippen LogP contribution in [0.4, 0.5) is 15.3 Å². The van der Waals surface area contributed by atoms with E-state index >= 15 is 0 Å². The molecule has 0 unspecified atom stereocenters. The summed E-state index contributed by atoms with van der Waals surface area (Å²) in [5, 5.41) is 23.4. The van der Waals surface area contributed by atoms with Crippen LogP contribution in [-0.4, -0.2) is 42.4 Å². The monoisotopic (exact) mass is 468 g/mol. The molecular weight excluding hydrogens is 432 g/mol. The summed E-state index contributed by atoms with van der Waals surface area (Å²) in [6.45, 7) is 7.79. The number of hydrogen-bond donors (Lipinski definition) is 3. The van der Waals surface area contributed by atoms with Gasteiger partial charge in [0.25, 0.3) is 0 Å². The van der Waals surface area contributed by atoms with Crippen molar-refractivity contribution in [1.29, 1.82) is 5.26 Å². The third-order valence-electron chi connectivity index (χ3n) is 4.41. The Bertz CT molecular complexity index is 903. The van der Waals surface area contributed by atoms with E-state index in [9.17, 15) is 9.59 Å². The summed E-state index contributed by atoms with van der Waals surface area (Å²) in [5.41, 5.74) is 2.98. The van der Waals surface area contributed by atoms with E-state index in [4.69, 9.17) is 10.4 Å². The maximum Gasteiger partial charge on any atom is 0.407 e. The van der Waals surface area contributed by atoms with Gasteiger partial charge in [0.1, 0.15) is 0 Å². The van der Waals surface area contributed by atoms with Gasteiger partial charge in [0.05, 0.1) is 18.7 Å². The normalized spacial score (nSPS) is 9.91. The summed E-state index contributed by atoms with van der Waals surface area (Å²) in [5.74, 6) is 0.833. The topological polar surface area (TPSA) is 115 Å². The lowest BCUT2D eigenvalue weighted by Gasteiger charge is -2.23. The second-order valence-electron chi connectivity index (χ2n) is 8.37. The number of aliphatic hydroxyl groups excluding tert-OH is 1. The van der Waals surface area contributed by atoms with Crippen molar-refractivity contribution in [1.82, 2.24) is 10.2 Å². The largest absolute Gasteiger partial charge is 0.453 e. The van der Waals surface area contributed by atoms with E-state index in [-0.39, 0.29) is 12.6 Å². The number of unbranched alkanes of at least 4 members (excludes halogenated alkanes) is 1. The van der Waals surface area contributed by atoms with Crippen molar-refractivity contribution in [3.63, 3.8) is 0 Å². The summed E-state index contributed by atoms with van der Waals surface area (Å²) in [6, 6.07) is 16.1. The first-order valence-corrected chi connectivity index (χ1v) is 11.4. The number of anilines is 1. The number of hydrogen-bond acceptors (Lipinski definition) is 5. The van der Waals surface area contributed by atoms with Gasteiger partial charge in [-0.2, -0.15) is 5.26 Å². The van der Waals surface area contributed by atoms with Crippen molar-refractivity contribution < 1.29 is 19.4 Å². The Balaban J connectivity index is 0.00000133. The lowest BCUT2D eigenvalue weighted by Crippen LogP contribution is -2.35. The van der Waals surface area contributed by atoms with E-state index in [0.717, 1.165) is 17.0 Å². The SMILES string of the molecule is CC(C)C.COC(=O)NCc1ccc(NC(=O)N(CCCCO)Cc2ccc(C#N)cc2)cc1. The Morgan fingerprint density at radius 1 is 1.03 bits per heavy atom. The van der Waals surface area contributed by atoms with Crippen LogP contribution in [0.25, 0.3) is 0 Å². The molecular formula is C26H36N4O4. The molecule has 2 rings (SSSR count). The maximum atomic E-state index is 12.8. The van der Waals surface area contributed by atoms with Gasteiger partial charge < -0.3 is 25.4 Å². The first-order chi connectivity index (χ1) is 16.3. The zero-order valence-electron chi connectivity index (χ0n) is 20.5. The van der Waals surface area contributed by atoms with Crippen molar-refractivity contribution in [2.75, 3.05) is 25.6 Å². The van der Waals surface area contributed by atoms with Crippen LogP contribution in [0.3, 0.4) is 0 Å². The molecule has 34 heavy (non-hydrogen) atoms. The molecule has 0 aromatic heterocycles. The van der Waals surface area contributed by atoms with Crippen LogP contribution >= 0.6 is 0 Å². The first kappa shape index (κ1) is 28.5. The number of nitriles is 1. The number of aliphatic hydroxyl groups is 1. The van der Waals surface area contributed by atoms with Gasteiger partial charge in [0, 0.05) is 31.9 Å². The third kappa shape index (κ3) is 11.9. The fourth-order valence-electron chi connectivity index (χ4n) is 2.73. The molecule has 3 amide bonds. The predicted octanol–water partition coefficient (Wildman–Crippen LogP) is 4.88. The van der Waals surface area contributed by atoms with Gasteiger partial charge in [0.2, 0.25) is 0 Å². The minimum atomic E-state index is -0.506. The van der Waals surface area contributed by atoms with Crippen molar-refractivity contribution in [3.05, 3.63) is 65.2 Å². The van der Waals surface area contributed by atoms with Crippen molar-refractivity contribution in [3.8, 4) is 6.07 Å². The summed E-state index contributed by atoms with van der Waals surface area (Å²) < 4.78 is 4.53. The van der Waals surface area contributed by atoms with Gasteiger partial charge in [-0.15, -0.1) is 0 Å². The molecule has 3 N–H and O–H groups in total. The van der Waals surface area contributed by atoms with Crippen LogP contribution in [0.15, 0.2) is 48.5 Å². The number of rotatable bonds is 9. The van der Waals surface area contributed by atoms with Crippen LogP contribution in [0.5, 0.6) is 0 Å². The maximum absolute atomic E-state index is 12.8. The van der Waals surface area contributed by atoms with Gasteiger partial charge in [0.15, 0.2) is 0 Å². The zero-order chi connectivity index (χ0) is 25.3. The van der Waals surface area contributed by atoms with Crippen LogP contribution in [0.2, 0.25) is 0 Å². The van der Waals surface area contributed by atoms with Crippen LogP contribution in [0.1, 0.15) is 50.3 Å². The molecule has 0 spiro atoms. The first-order valence-electron chi connectivity index (χ1n) is 11.4. The Labute approximate surface area is 202 Å². The number of nitrogens with one attached hydrogen (secondary N) is 2. The number of alkyl carbamates (subject to hydrolysis) is 1. The van der Waals surface area contributed by atoms with Gasteiger partial charge in [-0.1, -0.05) is 45.0 Å². The number of nitrogens with zero attached hydrogens (tertiary/aromatic N) is 2. The Morgan fingerprint density at radius 3 is 2.15 bits per heavy atom. The van der Waals surface area contributed by atoms with E-state index < -0.39 is 6.09 Å². The lowest BCUT2D eigenvalue weighted by molar-refractivity contribution is 0.170. The minimum Gasteiger partial charge on any atom is -0.453 e. The Morgan fingerprint density at radius 2 is 1.62 bits per heavy atom. The molecule has 0 saturated carbocycles. The Kier molecular flexibility index (Phi) is 13.5. The van der Waals surface area contributed by atoms with E-state index in [0.29, 0.717) is 43.7 Å². The number of amides is 3. The third-order valence-corrected chi connectivity index (χ3v) is 4.41.